The molecule has 0 saturated carbocycles. The van der Waals surface area contributed by atoms with E-state index in [-0.39, 0.29) is 5.76 Å². The lowest BCUT2D eigenvalue weighted by Gasteiger charge is -2.09. The van der Waals surface area contributed by atoms with Crippen molar-refractivity contribution in [3.63, 3.8) is 0 Å². The van der Waals surface area contributed by atoms with Gasteiger partial charge in [-0.3, -0.25) is 0 Å². The largest absolute Gasteiger partial charge is 0.500 e. The molecule has 0 N–H and O–H groups in total. The Labute approximate surface area is 123 Å². The fourth-order valence-electron chi connectivity index (χ4n) is 1.82. The van der Waals surface area contributed by atoms with Crippen molar-refractivity contribution in [2.75, 3.05) is 14.2 Å². The zero-order valence-electron chi connectivity index (χ0n) is 11.9. The van der Waals surface area contributed by atoms with E-state index >= 15 is 0 Å². The number of benzene rings is 2. The Morgan fingerprint density at radius 3 is 2.33 bits per heavy atom. The highest BCUT2D eigenvalue weighted by Gasteiger charge is 2.13. The summed E-state index contributed by atoms with van der Waals surface area (Å²) in [5, 5.41) is 0. The van der Waals surface area contributed by atoms with Crippen molar-refractivity contribution in [3.8, 4) is 16.9 Å². The van der Waals surface area contributed by atoms with Gasteiger partial charge in [-0.15, -0.1) is 0 Å². The fraction of sp³-hybridized carbons (Fsp3) is 0.118. The first kappa shape index (κ1) is 14.7. The van der Waals surface area contributed by atoms with Crippen LogP contribution in [0.4, 0.5) is 0 Å². The van der Waals surface area contributed by atoms with Crippen molar-refractivity contribution in [3.05, 3.63) is 66.6 Å². The smallest absolute Gasteiger partial charge is 0.377 e. The van der Waals surface area contributed by atoms with E-state index < -0.39 is 5.97 Å². The van der Waals surface area contributed by atoms with Crippen molar-refractivity contribution in [2.45, 2.75) is 0 Å². The summed E-state index contributed by atoms with van der Waals surface area (Å²) in [4.78, 5) is 11.6. The summed E-state index contributed by atoms with van der Waals surface area (Å²) in [5.41, 5.74) is 2.06. The van der Waals surface area contributed by atoms with Crippen LogP contribution in [0.25, 0.3) is 11.1 Å². The summed E-state index contributed by atoms with van der Waals surface area (Å²) < 4.78 is 15.0. The van der Waals surface area contributed by atoms with Crippen LogP contribution in [0, 0.1) is 0 Å². The first-order chi connectivity index (χ1) is 10.2. The zero-order chi connectivity index (χ0) is 15.1. The number of carbonyl (C=O) groups is 1. The molecule has 108 valence electrons. The minimum Gasteiger partial charge on any atom is -0.500 e. The summed E-state index contributed by atoms with van der Waals surface area (Å²) in [6, 6.07) is 17.3. The molecule has 2 aromatic carbocycles. The van der Waals surface area contributed by atoms with Crippen LogP contribution in [0.3, 0.4) is 0 Å². The third kappa shape index (κ3) is 3.86. The SMILES string of the molecule is CO/C=C(\Oc1cccc(-c2ccccc2)c1)C(=O)OC. The van der Waals surface area contributed by atoms with Crippen molar-refractivity contribution >= 4 is 5.97 Å². The van der Waals surface area contributed by atoms with E-state index in [1.807, 2.05) is 48.5 Å². The monoisotopic (exact) mass is 284 g/mol. The quantitative estimate of drug-likeness (QED) is 0.479. The molecule has 0 saturated heterocycles. The van der Waals surface area contributed by atoms with Gasteiger partial charge >= 0.3 is 5.97 Å². The molecule has 0 amide bonds. The minimum absolute atomic E-state index is 0.00906. The lowest BCUT2D eigenvalue weighted by Crippen LogP contribution is -2.11. The second kappa shape index (κ2) is 7.14. The molecular formula is C17H16O4. The Morgan fingerprint density at radius 2 is 1.67 bits per heavy atom. The lowest BCUT2D eigenvalue weighted by molar-refractivity contribution is -0.138. The maximum atomic E-state index is 11.6. The summed E-state index contributed by atoms with van der Waals surface area (Å²) in [7, 11) is 2.72. The molecule has 0 spiro atoms. The number of rotatable bonds is 5. The molecule has 0 heterocycles. The molecule has 0 aliphatic heterocycles. The average molecular weight is 284 g/mol. The Kier molecular flexibility index (Phi) is 4.99. The van der Waals surface area contributed by atoms with E-state index in [2.05, 4.69) is 4.74 Å². The second-order valence-electron chi connectivity index (χ2n) is 4.21. The minimum atomic E-state index is -0.595. The summed E-state index contributed by atoms with van der Waals surface area (Å²) in [6.07, 6.45) is 1.21. The number of hydrogen-bond acceptors (Lipinski definition) is 4. The lowest BCUT2D eigenvalue weighted by atomic mass is 10.1. The first-order valence-corrected chi connectivity index (χ1v) is 6.39. The number of carbonyl (C=O) groups excluding carboxylic acids is 1. The van der Waals surface area contributed by atoms with Gasteiger partial charge in [-0.1, -0.05) is 42.5 Å². The van der Waals surface area contributed by atoms with Crippen molar-refractivity contribution in [1.29, 1.82) is 0 Å². The number of hydrogen-bond donors (Lipinski definition) is 0. The molecule has 4 nitrogen and oxygen atoms in total. The van der Waals surface area contributed by atoms with E-state index in [4.69, 9.17) is 9.47 Å². The highest BCUT2D eigenvalue weighted by molar-refractivity contribution is 5.86. The van der Waals surface area contributed by atoms with Crippen molar-refractivity contribution in [1.82, 2.24) is 0 Å². The fourth-order valence-corrected chi connectivity index (χ4v) is 1.82. The molecule has 2 rings (SSSR count). The van der Waals surface area contributed by atoms with Gasteiger partial charge in [0.05, 0.1) is 14.2 Å². The van der Waals surface area contributed by atoms with Gasteiger partial charge in [0.1, 0.15) is 12.0 Å². The summed E-state index contributed by atoms with van der Waals surface area (Å²) in [5.74, 6) is -0.0720. The van der Waals surface area contributed by atoms with Crippen LogP contribution in [-0.2, 0) is 14.3 Å². The Morgan fingerprint density at radius 1 is 0.952 bits per heavy atom. The van der Waals surface area contributed by atoms with Crippen LogP contribution < -0.4 is 4.74 Å². The Hall–Kier alpha value is -2.75. The van der Waals surface area contributed by atoms with Crippen LogP contribution in [-0.4, -0.2) is 20.2 Å². The molecule has 0 unspecified atom stereocenters. The molecule has 0 aliphatic carbocycles. The van der Waals surface area contributed by atoms with Gasteiger partial charge in [0.2, 0.25) is 5.76 Å². The second-order valence-corrected chi connectivity index (χ2v) is 4.21. The van der Waals surface area contributed by atoms with Crippen molar-refractivity contribution < 1.29 is 19.0 Å². The van der Waals surface area contributed by atoms with Crippen molar-refractivity contribution in [2.24, 2.45) is 0 Å². The third-order valence-corrected chi connectivity index (χ3v) is 2.78. The zero-order valence-corrected chi connectivity index (χ0v) is 11.9. The van der Waals surface area contributed by atoms with E-state index in [0.29, 0.717) is 5.75 Å². The van der Waals surface area contributed by atoms with Crippen LogP contribution >= 0.6 is 0 Å². The van der Waals surface area contributed by atoms with E-state index in [9.17, 15) is 4.79 Å². The molecule has 0 radical (unpaired) electrons. The third-order valence-electron chi connectivity index (χ3n) is 2.78. The Bertz CT molecular complexity index is 632. The molecule has 2 aromatic rings. The van der Waals surface area contributed by atoms with Gasteiger partial charge in [-0.05, 0) is 23.3 Å². The van der Waals surface area contributed by atoms with Crippen LogP contribution in [0.2, 0.25) is 0 Å². The predicted octanol–water partition coefficient (Wildman–Crippen LogP) is 3.39. The maximum absolute atomic E-state index is 11.6. The first-order valence-electron chi connectivity index (χ1n) is 6.39. The molecule has 4 heteroatoms. The molecule has 0 aromatic heterocycles. The molecule has 0 atom stereocenters. The van der Waals surface area contributed by atoms with Gasteiger partial charge < -0.3 is 14.2 Å². The van der Waals surface area contributed by atoms with Crippen LogP contribution in [0.5, 0.6) is 5.75 Å². The van der Waals surface area contributed by atoms with Crippen LogP contribution in [0.15, 0.2) is 66.6 Å². The molecule has 0 bridgehead atoms. The van der Waals surface area contributed by atoms with Crippen LogP contribution in [0.1, 0.15) is 0 Å². The highest BCUT2D eigenvalue weighted by atomic mass is 16.6. The highest BCUT2D eigenvalue weighted by Crippen LogP contribution is 2.24. The predicted molar refractivity (Wildman–Crippen MR) is 79.6 cm³/mol. The molecule has 0 fully saturated rings. The molecule has 21 heavy (non-hydrogen) atoms. The van der Waals surface area contributed by atoms with E-state index in [1.165, 1.54) is 20.5 Å². The standard InChI is InChI=1S/C17H16O4/c1-19-12-16(17(18)20-2)21-15-10-6-9-14(11-15)13-7-4-3-5-8-13/h3-12H,1-2H3/b16-12-. The normalized spacial score (nSPS) is 10.9. The topological polar surface area (TPSA) is 44.8 Å². The van der Waals surface area contributed by atoms with Gasteiger partial charge in [0.25, 0.3) is 0 Å². The van der Waals surface area contributed by atoms with E-state index in [1.54, 1.807) is 6.07 Å². The number of methoxy groups -OCH3 is 2. The van der Waals surface area contributed by atoms with E-state index in [0.717, 1.165) is 11.1 Å². The van der Waals surface area contributed by atoms with Gasteiger partial charge in [-0.25, -0.2) is 4.79 Å². The van der Waals surface area contributed by atoms with Gasteiger partial charge in [0, 0.05) is 0 Å². The van der Waals surface area contributed by atoms with Gasteiger partial charge in [0.15, 0.2) is 0 Å². The Balaban J connectivity index is 2.25. The number of esters is 1. The maximum Gasteiger partial charge on any atom is 0.377 e. The molecule has 0 aliphatic rings. The van der Waals surface area contributed by atoms with Gasteiger partial charge in [-0.2, -0.15) is 0 Å². The molecular weight excluding hydrogens is 268 g/mol. The average Bonchev–Trinajstić information content (AvgIpc) is 2.55. The number of ether oxygens (including phenoxy) is 3. The summed E-state index contributed by atoms with van der Waals surface area (Å²) in [6.45, 7) is 0. The summed E-state index contributed by atoms with van der Waals surface area (Å²) >= 11 is 0.